The van der Waals surface area contributed by atoms with E-state index in [0.29, 0.717) is 0 Å². The summed E-state index contributed by atoms with van der Waals surface area (Å²) < 4.78 is 0. The van der Waals surface area contributed by atoms with Crippen molar-refractivity contribution >= 4 is 0 Å². The van der Waals surface area contributed by atoms with Crippen LogP contribution in [0.15, 0.2) is 11.3 Å². The Morgan fingerprint density at radius 2 is 1.91 bits per heavy atom. The zero-order valence-electron chi connectivity index (χ0n) is 7.48. The smallest absolute Gasteiger partial charge is 0.0324 e. The van der Waals surface area contributed by atoms with Crippen molar-refractivity contribution in [1.29, 1.82) is 0 Å². The normalized spacial score (nSPS) is 36.9. The Bertz CT molecular complexity index is 193. The fraction of sp³-hybridized carbons (Fsp3) is 0.800. The number of hydrogen-bond acceptors (Lipinski definition) is 1. The molecule has 1 saturated carbocycles. The monoisotopic (exact) mass is 151 g/mol. The van der Waals surface area contributed by atoms with Crippen LogP contribution < -0.4 is 5.32 Å². The number of rotatable bonds is 0. The molecule has 0 bridgehead atoms. The van der Waals surface area contributed by atoms with Crippen LogP contribution >= 0.6 is 0 Å². The molecule has 1 N–H and O–H groups in total. The minimum atomic E-state index is 0.795. The van der Waals surface area contributed by atoms with Crippen LogP contribution in [0.1, 0.15) is 39.5 Å². The lowest BCUT2D eigenvalue weighted by Gasteiger charge is -2.26. The second-order valence-corrected chi connectivity index (χ2v) is 3.95. The maximum absolute atomic E-state index is 3.59. The van der Waals surface area contributed by atoms with Crippen molar-refractivity contribution < 1.29 is 0 Å². The third kappa shape index (κ3) is 1.07. The van der Waals surface area contributed by atoms with Gasteiger partial charge in [-0.1, -0.05) is 12.8 Å². The van der Waals surface area contributed by atoms with Crippen molar-refractivity contribution in [1.82, 2.24) is 5.32 Å². The van der Waals surface area contributed by atoms with E-state index in [4.69, 9.17) is 0 Å². The molecule has 1 nitrogen and oxygen atoms in total. The molecule has 1 aliphatic heterocycles. The fourth-order valence-corrected chi connectivity index (χ4v) is 2.49. The van der Waals surface area contributed by atoms with Crippen LogP contribution in [-0.4, -0.2) is 6.04 Å². The Labute approximate surface area is 68.9 Å². The summed E-state index contributed by atoms with van der Waals surface area (Å²) in [6.07, 6.45) is 5.67. The van der Waals surface area contributed by atoms with E-state index < -0.39 is 0 Å². The molecule has 0 aromatic rings. The van der Waals surface area contributed by atoms with Crippen LogP contribution in [0.5, 0.6) is 0 Å². The van der Waals surface area contributed by atoms with Gasteiger partial charge in [0.2, 0.25) is 0 Å². The average Bonchev–Trinajstić information content (AvgIpc) is 2.30. The predicted octanol–water partition coefficient (Wildman–Crippen LogP) is 2.44. The largest absolute Gasteiger partial charge is 0.385 e. The highest BCUT2D eigenvalue weighted by molar-refractivity contribution is 5.21. The van der Waals surface area contributed by atoms with Crippen molar-refractivity contribution in [2.24, 2.45) is 5.92 Å². The molecule has 1 fully saturated rings. The summed E-state index contributed by atoms with van der Waals surface area (Å²) >= 11 is 0. The summed E-state index contributed by atoms with van der Waals surface area (Å²) in [7, 11) is 0. The van der Waals surface area contributed by atoms with Crippen LogP contribution in [-0.2, 0) is 0 Å². The molecular weight excluding hydrogens is 134 g/mol. The first kappa shape index (κ1) is 7.20. The molecular formula is C10H17N. The molecule has 1 aliphatic carbocycles. The van der Waals surface area contributed by atoms with Gasteiger partial charge in [-0.3, -0.25) is 0 Å². The lowest BCUT2D eigenvalue weighted by molar-refractivity contribution is 0.340. The molecule has 0 radical (unpaired) electrons. The van der Waals surface area contributed by atoms with Crippen molar-refractivity contribution in [3.05, 3.63) is 11.3 Å². The van der Waals surface area contributed by atoms with Gasteiger partial charge in [-0.15, -0.1) is 0 Å². The van der Waals surface area contributed by atoms with Crippen LogP contribution in [0.2, 0.25) is 0 Å². The highest BCUT2D eigenvalue weighted by Crippen LogP contribution is 2.35. The number of nitrogens with one attached hydrogen (secondary N) is 1. The van der Waals surface area contributed by atoms with E-state index in [1.54, 1.807) is 5.57 Å². The highest BCUT2D eigenvalue weighted by atomic mass is 15.0. The van der Waals surface area contributed by atoms with Gasteiger partial charge in [-0.05, 0) is 32.3 Å². The third-order valence-corrected chi connectivity index (χ3v) is 3.32. The minimum Gasteiger partial charge on any atom is -0.385 e. The van der Waals surface area contributed by atoms with Crippen LogP contribution in [0.4, 0.5) is 0 Å². The van der Waals surface area contributed by atoms with Gasteiger partial charge < -0.3 is 5.32 Å². The van der Waals surface area contributed by atoms with Gasteiger partial charge in [0.25, 0.3) is 0 Å². The lowest BCUT2D eigenvalue weighted by atomic mass is 9.83. The molecule has 2 aliphatic rings. The third-order valence-electron chi connectivity index (χ3n) is 3.32. The Morgan fingerprint density at radius 3 is 2.64 bits per heavy atom. The van der Waals surface area contributed by atoms with Gasteiger partial charge in [0.1, 0.15) is 0 Å². The Balaban J connectivity index is 2.15. The Kier molecular flexibility index (Phi) is 1.67. The molecule has 11 heavy (non-hydrogen) atoms. The van der Waals surface area contributed by atoms with Gasteiger partial charge >= 0.3 is 0 Å². The predicted molar refractivity (Wildman–Crippen MR) is 47.3 cm³/mol. The van der Waals surface area contributed by atoms with Crippen LogP contribution in [0, 0.1) is 5.92 Å². The molecule has 0 saturated heterocycles. The fourth-order valence-electron chi connectivity index (χ4n) is 2.49. The van der Waals surface area contributed by atoms with Crippen LogP contribution in [0.3, 0.4) is 0 Å². The zero-order valence-corrected chi connectivity index (χ0v) is 7.48. The molecule has 0 aromatic heterocycles. The molecule has 0 aromatic carbocycles. The summed E-state index contributed by atoms with van der Waals surface area (Å²) in [5.41, 5.74) is 3.07. The minimum absolute atomic E-state index is 0.795. The second kappa shape index (κ2) is 2.54. The first-order valence-electron chi connectivity index (χ1n) is 4.73. The summed E-state index contributed by atoms with van der Waals surface area (Å²) in [5, 5.41) is 3.59. The van der Waals surface area contributed by atoms with Crippen molar-refractivity contribution in [2.45, 2.75) is 45.6 Å². The SMILES string of the molecule is CC1=C(C)C2CCCCC2N1. The van der Waals surface area contributed by atoms with Gasteiger partial charge in [-0.25, -0.2) is 0 Å². The van der Waals surface area contributed by atoms with Crippen molar-refractivity contribution in [3.8, 4) is 0 Å². The molecule has 62 valence electrons. The molecule has 2 atom stereocenters. The van der Waals surface area contributed by atoms with Gasteiger partial charge in [0.15, 0.2) is 0 Å². The highest BCUT2D eigenvalue weighted by Gasteiger charge is 2.31. The zero-order chi connectivity index (χ0) is 7.84. The first-order chi connectivity index (χ1) is 5.29. The average molecular weight is 151 g/mol. The maximum Gasteiger partial charge on any atom is 0.0324 e. The first-order valence-corrected chi connectivity index (χ1v) is 4.73. The molecule has 1 heteroatoms. The topological polar surface area (TPSA) is 12.0 Å². The summed E-state index contributed by atoms with van der Waals surface area (Å²) in [4.78, 5) is 0. The Morgan fingerprint density at radius 1 is 1.18 bits per heavy atom. The lowest BCUT2D eigenvalue weighted by Crippen LogP contribution is -2.31. The van der Waals surface area contributed by atoms with Gasteiger partial charge in [0, 0.05) is 17.7 Å². The summed E-state index contributed by atoms with van der Waals surface area (Å²) in [6, 6.07) is 0.795. The number of hydrogen-bond donors (Lipinski definition) is 1. The maximum atomic E-state index is 3.59. The molecule has 0 amide bonds. The summed E-state index contributed by atoms with van der Waals surface area (Å²) in [5.74, 6) is 0.878. The van der Waals surface area contributed by atoms with Crippen molar-refractivity contribution in [2.75, 3.05) is 0 Å². The van der Waals surface area contributed by atoms with E-state index in [2.05, 4.69) is 19.2 Å². The number of fused-ring (bicyclic) bond motifs is 1. The van der Waals surface area contributed by atoms with Crippen molar-refractivity contribution in [3.63, 3.8) is 0 Å². The molecule has 0 spiro atoms. The van der Waals surface area contributed by atoms with E-state index in [1.807, 2.05) is 0 Å². The standard InChI is InChI=1S/C10H17N/c1-7-8(2)11-10-6-4-3-5-9(7)10/h9-11H,3-6H2,1-2H3. The second-order valence-electron chi connectivity index (χ2n) is 3.95. The van der Waals surface area contributed by atoms with E-state index in [9.17, 15) is 0 Å². The summed E-state index contributed by atoms with van der Waals surface area (Å²) in [6.45, 7) is 4.51. The van der Waals surface area contributed by atoms with E-state index >= 15 is 0 Å². The van der Waals surface area contributed by atoms with E-state index in [-0.39, 0.29) is 0 Å². The quantitative estimate of drug-likeness (QED) is 0.560. The van der Waals surface area contributed by atoms with Gasteiger partial charge in [0.05, 0.1) is 0 Å². The number of allylic oxidation sites excluding steroid dienone is 1. The van der Waals surface area contributed by atoms with Crippen LogP contribution in [0.25, 0.3) is 0 Å². The van der Waals surface area contributed by atoms with E-state index in [1.165, 1.54) is 31.4 Å². The van der Waals surface area contributed by atoms with E-state index in [0.717, 1.165) is 12.0 Å². The van der Waals surface area contributed by atoms with Gasteiger partial charge in [-0.2, -0.15) is 0 Å². The Hall–Kier alpha value is -0.460. The molecule has 1 heterocycles. The molecule has 2 unspecified atom stereocenters. The molecule has 2 rings (SSSR count).